The maximum Gasteiger partial charge on any atom is 0.245 e. The first-order chi connectivity index (χ1) is 11.6. The van der Waals surface area contributed by atoms with Crippen LogP contribution in [0.25, 0.3) is 10.9 Å². The zero-order valence-corrected chi connectivity index (χ0v) is 14.2. The first-order valence-corrected chi connectivity index (χ1v) is 8.11. The Bertz CT molecular complexity index is 853. The van der Waals surface area contributed by atoms with Gasteiger partial charge in [-0.3, -0.25) is 14.8 Å². The van der Waals surface area contributed by atoms with Crippen LogP contribution in [0.3, 0.4) is 0 Å². The molecule has 1 amide bonds. The van der Waals surface area contributed by atoms with Gasteiger partial charge in [0.05, 0.1) is 23.9 Å². The number of aryl methyl sites for hydroxylation is 1. The van der Waals surface area contributed by atoms with Gasteiger partial charge in [0.15, 0.2) is 0 Å². The van der Waals surface area contributed by atoms with Crippen molar-refractivity contribution in [2.24, 2.45) is 0 Å². The lowest BCUT2D eigenvalue weighted by Gasteiger charge is -2.25. The molecule has 24 heavy (non-hydrogen) atoms. The fourth-order valence-electron chi connectivity index (χ4n) is 2.67. The molecule has 3 rings (SSSR count). The number of rotatable bonds is 5. The van der Waals surface area contributed by atoms with Crippen molar-refractivity contribution in [3.8, 4) is 0 Å². The highest BCUT2D eigenvalue weighted by atomic mass is 16.2. The van der Waals surface area contributed by atoms with Crippen molar-refractivity contribution >= 4 is 28.2 Å². The van der Waals surface area contributed by atoms with Crippen molar-refractivity contribution in [2.45, 2.75) is 26.8 Å². The standard InChI is InChI=1S/C19H22N4O/c1-13(2)20-12-19(24)23(18-7-5-4-6-14(18)3)16-8-9-17-15(10-16)11-21-22-17/h4-11,13,20H,12H2,1-3H3,(H,21,22). The lowest BCUT2D eigenvalue weighted by Crippen LogP contribution is -2.38. The minimum atomic E-state index is 0.0147. The molecule has 0 aliphatic rings. The lowest BCUT2D eigenvalue weighted by molar-refractivity contribution is -0.117. The average molecular weight is 322 g/mol. The minimum absolute atomic E-state index is 0.0147. The number of anilines is 2. The van der Waals surface area contributed by atoms with Gasteiger partial charge in [-0.2, -0.15) is 5.10 Å². The number of carbonyl (C=O) groups is 1. The molecule has 0 radical (unpaired) electrons. The van der Waals surface area contributed by atoms with E-state index >= 15 is 0 Å². The molecule has 1 heterocycles. The highest BCUT2D eigenvalue weighted by Crippen LogP contribution is 2.30. The zero-order chi connectivity index (χ0) is 17.1. The predicted octanol–water partition coefficient (Wildman–Crippen LogP) is 3.53. The molecule has 1 aromatic heterocycles. The van der Waals surface area contributed by atoms with E-state index in [1.165, 1.54) is 0 Å². The Balaban J connectivity index is 2.03. The van der Waals surface area contributed by atoms with Crippen molar-refractivity contribution in [3.63, 3.8) is 0 Å². The number of benzene rings is 2. The summed E-state index contributed by atoms with van der Waals surface area (Å²) >= 11 is 0. The molecule has 0 fully saturated rings. The summed E-state index contributed by atoms with van der Waals surface area (Å²) in [5.74, 6) is 0.0147. The van der Waals surface area contributed by atoms with Gasteiger partial charge >= 0.3 is 0 Å². The summed E-state index contributed by atoms with van der Waals surface area (Å²) in [6.45, 7) is 6.36. The molecular weight excluding hydrogens is 300 g/mol. The Morgan fingerprint density at radius 3 is 2.79 bits per heavy atom. The number of aromatic amines is 1. The van der Waals surface area contributed by atoms with Crippen LogP contribution in [0.4, 0.5) is 11.4 Å². The summed E-state index contributed by atoms with van der Waals surface area (Å²) in [6, 6.07) is 14.1. The molecule has 0 bridgehead atoms. The number of H-pyrrole nitrogens is 1. The number of hydrogen-bond acceptors (Lipinski definition) is 3. The summed E-state index contributed by atoms with van der Waals surface area (Å²) in [5, 5.41) is 11.2. The highest BCUT2D eigenvalue weighted by Gasteiger charge is 2.20. The number of aromatic nitrogens is 2. The van der Waals surface area contributed by atoms with Crippen LogP contribution >= 0.6 is 0 Å². The van der Waals surface area contributed by atoms with Crippen molar-refractivity contribution in [1.29, 1.82) is 0 Å². The van der Waals surface area contributed by atoms with Crippen LogP contribution < -0.4 is 10.2 Å². The molecule has 0 saturated heterocycles. The SMILES string of the molecule is Cc1ccccc1N(C(=O)CNC(C)C)c1ccc2[nH]ncc2c1. The highest BCUT2D eigenvalue weighted by molar-refractivity contribution is 6.03. The first kappa shape index (κ1) is 16.2. The second-order valence-electron chi connectivity index (χ2n) is 6.19. The van der Waals surface area contributed by atoms with Gasteiger partial charge in [-0.05, 0) is 36.8 Å². The summed E-state index contributed by atoms with van der Waals surface area (Å²) in [4.78, 5) is 14.7. The van der Waals surface area contributed by atoms with Crippen molar-refractivity contribution in [2.75, 3.05) is 11.4 Å². The topological polar surface area (TPSA) is 61.0 Å². The van der Waals surface area contributed by atoms with E-state index in [2.05, 4.69) is 15.5 Å². The van der Waals surface area contributed by atoms with E-state index in [1.807, 2.05) is 63.2 Å². The molecule has 0 unspecified atom stereocenters. The molecule has 3 aromatic rings. The van der Waals surface area contributed by atoms with Gasteiger partial charge in [0.1, 0.15) is 0 Å². The Hall–Kier alpha value is -2.66. The number of amides is 1. The Kier molecular flexibility index (Phi) is 4.62. The number of carbonyl (C=O) groups excluding carboxylic acids is 1. The first-order valence-electron chi connectivity index (χ1n) is 8.11. The van der Waals surface area contributed by atoms with Crippen LogP contribution in [-0.4, -0.2) is 28.7 Å². The molecule has 0 aliphatic heterocycles. The average Bonchev–Trinajstić information content (AvgIpc) is 3.03. The van der Waals surface area contributed by atoms with Gasteiger partial charge in [-0.15, -0.1) is 0 Å². The van der Waals surface area contributed by atoms with Crippen LogP contribution in [0.15, 0.2) is 48.7 Å². The van der Waals surface area contributed by atoms with Gasteiger partial charge in [0.2, 0.25) is 5.91 Å². The maximum absolute atomic E-state index is 12.9. The number of nitrogens with one attached hydrogen (secondary N) is 2. The number of para-hydroxylation sites is 1. The molecule has 0 atom stereocenters. The van der Waals surface area contributed by atoms with Gasteiger partial charge in [0.25, 0.3) is 0 Å². The monoisotopic (exact) mass is 322 g/mol. The van der Waals surface area contributed by atoms with Crippen molar-refractivity contribution in [1.82, 2.24) is 15.5 Å². The second-order valence-corrected chi connectivity index (χ2v) is 6.19. The Morgan fingerprint density at radius 2 is 2.04 bits per heavy atom. The van der Waals surface area contributed by atoms with E-state index < -0.39 is 0 Å². The zero-order valence-electron chi connectivity index (χ0n) is 14.2. The summed E-state index contributed by atoms with van der Waals surface area (Å²) in [7, 11) is 0. The fraction of sp³-hybridized carbons (Fsp3) is 0.263. The molecule has 0 aliphatic carbocycles. The second kappa shape index (κ2) is 6.84. The number of fused-ring (bicyclic) bond motifs is 1. The van der Waals surface area contributed by atoms with E-state index in [1.54, 1.807) is 11.1 Å². The molecule has 124 valence electrons. The minimum Gasteiger partial charge on any atom is -0.306 e. The summed E-state index contributed by atoms with van der Waals surface area (Å²) in [6.07, 6.45) is 1.77. The molecule has 5 heteroatoms. The van der Waals surface area contributed by atoms with Crippen LogP contribution in [0, 0.1) is 6.92 Å². The Morgan fingerprint density at radius 1 is 1.25 bits per heavy atom. The van der Waals surface area contributed by atoms with E-state index in [-0.39, 0.29) is 18.5 Å². The number of nitrogens with zero attached hydrogens (tertiary/aromatic N) is 2. The van der Waals surface area contributed by atoms with Gasteiger partial charge in [-0.1, -0.05) is 32.0 Å². The van der Waals surface area contributed by atoms with Crippen LogP contribution in [0.5, 0.6) is 0 Å². The van der Waals surface area contributed by atoms with Gasteiger partial charge < -0.3 is 5.32 Å². The normalized spacial score (nSPS) is 11.2. The van der Waals surface area contributed by atoms with Crippen LogP contribution in [0.1, 0.15) is 19.4 Å². The van der Waals surface area contributed by atoms with Crippen molar-refractivity contribution in [3.05, 3.63) is 54.2 Å². The van der Waals surface area contributed by atoms with Gasteiger partial charge in [-0.25, -0.2) is 0 Å². The quantitative estimate of drug-likeness (QED) is 0.755. The third-order valence-electron chi connectivity index (χ3n) is 3.95. The van der Waals surface area contributed by atoms with Gasteiger partial charge in [0, 0.05) is 17.1 Å². The van der Waals surface area contributed by atoms with Crippen molar-refractivity contribution < 1.29 is 4.79 Å². The van der Waals surface area contributed by atoms with E-state index in [4.69, 9.17) is 0 Å². The number of hydrogen-bond donors (Lipinski definition) is 2. The predicted molar refractivity (Wildman–Crippen MR) is 97.6 cm³/mol. The molecule has 5 nitrogen and oxygen atoms in total. The van der Waals surface area contributed by atoms with E-state index in [9.17, 15) is 4.79 Å². The summed E-state index contributed by atoms with van der Waals surface area (Å²) in [5.41, 5.74) is 3.75. The fourth-order valence-corrected chi connectivity index (χ4v) is 2.67. The van der Waals surface area contributed by atoms with E-state index in [0.29, 0.717) is 0 Å². The van der Waals surface area contributed by atoms with Crippen LogP contribution in [0.2, 0.25) is 0 Å². The lowest BCUT2D eigenvalue weighted by atomic mass is 10.1. The maximum atomic E-state index is 12.9. The Labute approximate surface area is 141 Å². The summed E-state index contributed by atoms with van der Waals surface area (Å²) < 4.78 is 0. The third kappa shape index (κ3) is 3.31. The smallest absolute Gasteiger partial charge is 0.245 e. The molecule has 0 saturated carbocycles. The van der Waals surface area contributed by atoms with Crippen LogP contribution in [-0.2, 0) is 4.79 Å². The molecule has 0 spiro atoms. The largest absolute Gasteiger partial charge is 0.306 e. The molecule has 2 N–H and O–H groups in total. The van der Waals surface area contributed by atoms with E-state index in [0.717, 1.165) is 27.8 Å². The third-order valence-corrected chi connectivity index (χ3v) is 3.95. The molecular formula is C19H22N4O. The molecule has 2 aromatic carbocycles.